The second-order valence-electron chi connectivity index (χ2n) is 4.80. The van der Waals surface area contributed by atoms with Crippen LogP contribution in [0.3, 0.4) is 0 Å². The molecular weight excluding hydrogens is 346 g/mol. The molecule has 0 aliphatic carbocycles. The number of nitrogen functional groups attached to an aromatic ring is 1. The van der Waals surface area contributed by atoms with E-state index in [9.17, 15) is 9.59 Å². The lowest BCUT2D eigenvalue weighted by atomic mass is 10.3. The Morgan fingerprint density at radius 3 is 2.62 bits per heavy atom. The van der Waals surface area contributed by atoms with Crippen LogP contribution in [0.2, 0.25) is 0 Å². The number of rotatable bonds is 7. The van der Waals surface area contributed by atoms with Gasteiger partial charge in [0, 0.05) is 16.7 Å². The van der Waals surface area contributed by atoms with E-state index in [2.05, 4.69) is 15.3 Å². The summed E-state index contributed by atoms with van der Waals surface area (Å²) in [7, 11) is 0. The average molecular weight is 363 g/mol. The molecular formula is C15H17N5O2S2. The second kappa shape index (κ2) is 8.55. The summed E-state index contributed by atoms with van der Waals surface area (Å²) in [5.74, 6) is 0.0655. The molecule has 1 aromatic carbocycles. The van der Waals surface area contributed by atoms with E-state index in [-0.39, 0.29) is 17.4 Å². The first-order valence-corrected chi connectivity index (χ1v) is 8.95. The number of hydrogen-bond acceptors (Lipinski definition) is 7. The maximum atomic E-state index is 12.1. The maximum absolute atomic E-state index is 12.1. The van der Waals surface area contributed by atoms with Gasteiger partial charge in [0.25, 0.3) is 0 Å². The zero-order valence-corrected chi connectivity index (χ0v) is 14.6. The molecule has 0 atom stereocenters. The van der Waals surface area contributed by atoms with E-state index in [1.165, 1.54) is 23.5 Å². The Hall–Kier alpha value is -2.26. The highest BCUT2D eigenvalue weighted by molar-refractivity contribution is 8.00. The van der Waals surface area contributed by atoms with Crippen molar-refractivity contribution in [2.45, 2.75) is 17.0 Å². The highest BCUT2D eigenvalue weighted by Gasteiger charge is 2.10. The molecule has 2 aromatic rings. The van der Waals surface area contributed by atoms with E-state index in [0.29, 0.717) is 16.7 Å². The maximum Gasteiger partial charge on any atom is 0.234 e. The van der Waals surface area contributed by atoms with Gasteiger partial charge in [-0.25, -0.2) is 9.97 Å². The number of benzene rings is 1. The predicted molar refractivity (Wildman–Crippen MR) is 96.9 cm³/mol. The number of hydrogen-bond donors (Lipinski definition) is 3. The van der Waals surface area contributed by atoms with Crippen LogP contribution in [0.5, 0.6) is 0 Å². The van der Waals surface area contributed by atoms with Crippen molar-refractivity contribution in [2.24, 2.45) is 5.73 Å². The van der Waals surface area contributed by atoms with Crippen LogP contribution >= 0.6 is 23.5 Å². The van der Waals surface area contributed by atoms with Gasteiger partial charge in [0.15, 0.2) is 5.16 Å². The summed E-state index contributed by atoms with van der Waals surface area (Å²) >= 11 is 2.48. The zero-order valence-electron chi connectivity index (χ0n) is 13.0. The molecule has 2 amide bonds. The molecule has 126 valence electrons. The monoisotopic (exact) mass is 363 g/mol. The Kier molecular flexibility index (Phi) is 6.44. The van der Waals surface area contributed by atoms with Crippen molar-refractivity contribution < 1.29 is 9.59 Å². The number of aryl methyl sites for hydroxylation is 1. The minimum Gasteiger partial charge on any atom is -0.384 e. The molecule has 0 radical (unpaired) electrons. The Labute approximate surface area is 148 Å². The molecule has 0 aliphatic rings. The Bertz CT molecular complexity index is 734. The summed E-state index contributed by atoms with van der Waals surface area (Å²) in [6.45, 7) is 1.81. The average Bonchev–Trinajstić information content (AvgIpc) is 2.51. The molecule has 0 aliphatic heterocycles. The van der Waals surface area contributed by atoms with E-state index in [1.54, 1.807) is 18.2 Å². The molecule has 9 heteroatoms. The minimum absolute atomic E-state index is 0.151. The minimum atomic E-state index is -0.411. The number of nitrogens with zero attached hydrogens (tertiary/aromatic N) is 2. The molecule has 0 unspecified atom stereocenters. The van der Waals surface area contributed by atoms with E-state index in [1.807, 2.05) is 19.1 Å². The number of primary amides is 1. The summed E-state index contributed by atoms with van der Waals surface area (Å²) in [6.07, 6.45) is 0. The van der Waals surface area contributed by atoms with Gasteiger partial charge in [0.2, 0.25) is 11.8 Å². The van der Waals surface area contributed by atoms with Crippen molar-refractivity contribution in [3.05, 3.63) is 36.0 Å². The molecule has 0 bridgehead atoms. The van der Waals surface area contributed by atoms with Gasteiger partial charge in [-0.3, -0.25) is 9.59 Å². The van der Waals surface area contributed by atoms with Crippen molar-refractivity contribution in [1.29, 1.82) is 0 Å². The van der Waals surface area contributed by atoms with Crippen molar-refractivity contribution >= 4 is 46.8 Å². The summed E-state index contributed by atoms with van der Waals surface area (Å²) in [4.78, 5) is 32.1. The normalized spacial score (nSPS) is 10.4. The van der Waals surface area contributed by atoms with Crippen LogP contribution < -0.4 is 16.8 Å². The van der Waals surface area contributed by atoms with Crippen molar-refractivity contribution in [1.82, 2.24) is 9.97 Å². The van der Waals surface area contributed by atoms with E-state index in [4.69, 9.17) is 11.5 Å². The lowest BCUT2D eigenvalue weighted by Gasteiger charge is -2.10. The summed E-state index contributed by atoms with van der Waals surface area (Å²) in [5, 5.41) is 3.27. The highest BCUT2D eigenvalue weighted by atomic mass is 32.2. The van der Waals surface area contributed by atoms with E-state index >= 15 is 0 Å². The number of nitrogens with two attached hydrogens (primary N) is 2. The first-order chi connectivity index (χ1) is 11.4. The third-order valence-corrected chi connectivity index (χ3v) is 4.66. The quantitative estimate of drug-likeness (QED) is 0.505. The molecule has 0 fully saturated rings. The van der Waals surface area contributed by atoms with Crippen molar-refractivity contribution in [3.8, 4) is 0 Å². The number of aromatic nitrogens is 2. The Balaban J connectivity index is 1.96. The third-order valence-electron chi connectivity index (χ3n) is 2.72. The van der Waals surface area contributed by atoms with Crippen molar-refractivity contribution in [2.75, 3.05) is 22.6 Å². The van der Waals surface area contributed by atoms with Crippen LogP contribution in [0.1, 0.15) is 5.69 Å². The number of thioether (sulfide) groups is 2. The van der Waals surface area contributed by atoms with Crippen LogP contribution in [-0.4, -0.2) is 33.3 Å². The Morgan fingerprint density at radius 1 is 1.17 bits per heavy atom. The molecule has 2 rings (SSSR count). The Morgan fingerprint density at radius 2 is 1.92 bits per heavy atom. The first kappa shape index (κ1) is 18.1. The first-order valence-electron chi connectivity index (χ1n) is 6.98. The number of para-hydroxylation sites is 1. The van der Waals surface area contributed by atoms with Gasteiger partial charge in [-0.05, 0) is 19.1 Å². The van der Waals surface area contributed by atoms with Crippen LogP contribution in [0, 0.1) is 6.92 Å². The molecule has 0 saturated heterocycles. The lowest BCUT2D eigenvalue weighted by Crippen LogP contribution is -2.16. The summed E-state index contributed by atoms with van der Waals surface area (Å²) in [6, 6.07) is 8.89. The molecule has 5 N–H and O–H groups in total. The molecule has 0 spiro atoms. The SMILES string of the molecule is Cc1cc(N)nc(SCC(=O)Nc2ccccc2SCC(N)=O)n1. The van der Waals surface area contributed by atoms with Crippen LogP contribution in [0.15, 0.2) is 40.4 Å². The fourth-order valence-corrected chi connectivity index (χ4v) is 3.25. The molecule has 24 heavy (non-hydrogen) atoms. The molecule has 1 heterocycles. The van der Waals surface area contributed by atoms with Gasteiger partial charge in [-0.15, -0.1) is 11.8 Å². The lowest BCUT2D eigenvalue weighted by molar-refractivity contribution is -0.115. The number of nitrogens with one attached hydrogen (secondary N) is 1. The van der Waals surface area contributed by atoms with E-state index in [0.717, 1.165) is 10.6 Å². The number of amides is 2. The van der Waals surface area contributed by atoms with Crippen LogP contribution in [0.25, 0.3) is 0 Å². The fourth-order valence-electron chi connectivity index (χ4n) is 1.79. The summed E-state index contributed by atoms with van der Waals surface area (Å²) in [5.41, 5.74) is 12.2. The molecule has 1 aromatic heterocycles. The molecule has 7 nitrogen and oxygen atoms in total. The van der Waals surface area contributed by atoms with Crippen LogP contribution in [-0.2, 0) is 9.59 Å². The standard InChI is InChI=1S/C15H17N5O2S2/c1-9-6-12(16)20-15(18-9)24-8-14(22)19-10-4-2-3-5-11(10)23-7-13(17)21/h2-6H,7-8H2,1H3,(H2,17,21)(H,19,22)(H2,16,18,20). The highest BCUT2D eigenvalue weighted by Crippen LogP contribution is 2.27. The summed E-state index contributed by atoms with van der Waals surface area (Å²) < 4.78 is 0. The van der Waals surface area contributed by atoms with Gasteiger partial charge in [0.05, 0.1) is 17.2 Å². The number of anilines is 2. The zero-order chi connectivity index (χ0) is 17.5. The van der Waals surface area contributed by atoms with Gasteiger partial charge >= 0.3 is 0 Å². The second-order valence-corrected chi connectivity index (χ2v) is 6.76. The number of carbonyl (C=O) groups is 2. The van der Waals surface area contributed by atoms with Gasteiger partial charge < -0.3 is 16.8 Å². The molecule has 0 saturated carbocycles. The van der Waals surface area contributed by atoms with Crippen LogP contribution in [0.4, 0.5) is 11.5 Å². The van der Waals surface area contributed by atoms with E-state index < -0.39 is 5.91 Å². The fraction of sp³-hybridized carbons (Fsp3) is 0.200. The largest absolute Gasteiger partial charge is 0.384 e. The smallest absolute Gasteiger partial charge is 0.234 e. The predicted octanol–water partition coefficient (Wildman–Crippen LogP) is 1.68. The third kappa shape index (κ3) is 5.74. The van der Waals surface area contributed by atoms with Gasteiger partial charge in [-0.1, -0.05) is 23.9 Å². The van der Waals surface area contributed by atoms with Gasteiger partial charge in [0.1, 0.15) is 5.82 Å². The topological polar surface area (TPSA) is 124 Å². The number of carbonyl (C=O) groups excluding carboxylic acids is 2. The van der Waals surface area contributed by atoms with Crippen molar-refractivity contribution in [3.63, 3.8) is 0 Å². The van der Waals surface area contributed by atoms with Gasteiger partial charge in [-0.2, -0.15) is 0 Å².